The summed E-state index contributed by atoms with van der Waals surface area (Å²) in [5, 5.41) is 3.54. The monoisotopic (exact) mass is 420 g/mol. The number of rotatable bonds is 5. The number of amides is 1. The summed E-state index contributed by atoms with van der Waals surface area (Å²) in [6.07, 6.45) is 0.908. The zero-order chi connectivity index (χ0) is 17.8. The summed E-state index contributed by atoms with van der Waals surface area (Å²) in [6, 6.07) is 14.6. The number of benzene rings is 2. The van der Waals surface area contributed by atoms with Gasteiger partial charge in [-0.3, -0.25) is 0 Å². The first-order valence-corrected chi connectivity index (χ1v) is 9.91. The molecule has 0 saturated carbocycles. The predicted octanol–water partition coefficient (Wildman–Crippen LogP) is 4.28. The number of ether oxygens (including phenoxy) is 1. The van der Waals surface area contributed by atoms with Crippen molar-refractivity contribution in [2.45, 2.75) is 13.3 Å². The quantitative estimate of drug-likeness (QED) is 0.628. The molecule has 25 heavy (non-hydrogen) atoms. The Morgan fingerprint density at radius 3 is 2.44 bits per heavy atom. The van der Waals surface area contributed by atoms with E-state index < -0.39 is 0 Å². The normalized spacial score (nSPS) is 10.5. The summed E-state index contributed by atoms with van der Waals surface area (Å²) < 4.78 is 7.20. The van der Waals surface area contributed by atoms with Gasteiger partial charge in [-0.15, -0.1) is 0 Å². The molecule has 128 valence electrons. The van der Waals surface area contributed by atoms with Crippen molar-refractivity contribution in [3.8, 4) is 17.0 Å². The second kappa shape index (κ2) is 7.87. The van der Waals surface area contributed by atoms with Crippen molar-refractivity contribution in [2.24, 2.45) is 0 Å². The van der Waals surface area contributed by atoms with Crippen LogP contribution in [0.1, 0.15) is 21.7 Å². The Kier molecular flexibility index (Phi) is 5.59. The summed E-state index contributed by atoms with van der Waals surface area (Å²) in [5.74, 6) is 0.648. The number of hydrogen-bond donors (Lipinski definition) is 1. The number of nitrogens with one attached hydrogen (secondary N) is 1. The number of anilines is 1. The maximum absolute atomic E-state index is 12.4. The first-order chi connectivity index (χ1) is 12.1. The number of carbonyl (C=O) groups excluding carboxylic acids is 1. The van der Waals surface area contributed by atoms with Crippen molar-refractivity contribution in [1.29, 1.82) is 0 Å². The van der Waals surface area contributed by atoms with Gasteiger partial charge in [0.2, 0.25) is 0 Å². The third kappa shape index (κ3) is 4.13. The van der Waals surface area contributed by atoms with Crippen LogP contribution in [0.3, 0.4) is 0 Å². The Labute approximate surface area is 157 Å². The van der Waals surface area contributed by atoms with Gasteiger partial charge in [-0.05, 0) is 0 Å². The molecular formula is C19H17ClN2O2Se. The van der Waals surface area contributed by atoms with Crippen LogP contribution in [0.5, 0.6) is 5.75 Å². The van der Waals surface area contributed by atoms with E-state index >= 15 is 0 Å². The molecule has 6 heteroatoms. The Morgan fingerprint density at radius 1 is 1.16 bits per heavy atom. The number of aromatic nitrogens is 1. The summed E-state index contributed by atoms with van der Waals surface area (Å²) in [6.45, 7) is 2.11. The Morgan fingerprint density at radius 2 is 1.84 bits per heavy atom. The molecule has 4 nitrogen and oxygen atoms in total. The van der Waals surface area contributed by atoms with E-state index in [0.717, 1.165) is 28.1 Å². The van der Waals surface area contributed by atoms with Gasteiger partial charge < -0.3 is 0 Å². The number of carbonyl (C=O) groups is 1. The topological polar surface area (TPSA) is 51.2 Å². The van der Waals surface area contributed by atoms with Crippen molar-refractivity contribution < 1.29 is 9.53 Å². The Balaban J connectivity index is 1.84. The molecule has 0 saturated heterocycles. The van der Waals surface area contributed by atoms with E-state index in [1.165, 1.54) is 4.44 Å². The minimum atomic E-state index is -0.163. The van der Waals surface area contributed by atoms with Gasteiger partial charge in [0.05, 0.1) is 0 Å². The summed E-state index contributed by atoms with van der Waals surface area (Å²) in [4.78, 5) is 17.0. The van der Waals surface area contributed by atoms with Crippen LogP contribution < -0.4 is 10.1 Å². The van der Waals surface area contributed by atoms with Gasteiger partial charge in [-0.2, -0.15) is 0 Å². The zero-order valence-corrected chi connectivity index (χ0v) is 16.3. The molecule has 0 bridgehead atoms. The minimum absolute atomic E-state index is 0.0199. The van der Waals surface area contributed by atoms with Crippen molar-refractivity contribution >= 4 is 36.7 Å². The second-order valence-corrected chi connectivity index (χ2v) is 8.04. The molecule has 0 radical (unpaired) electrons. The van der Waals surface area contributed by atoms with Gasteiger partial charge >= 0.3 is 158 Å². The fourth-order valence-electron chi connectivity index (χ4n) is 2.39. The molecule has 3 aromatic rings. The van der Waals surface area contributed by atoms with Crippen molar-refractivity contribution in [3.63, 3.8) is 0 Å². The van der Waals surface area contributed by atoms with Crippen LogP contribution in [0, 0.1) is 0 Å². The van der Waals surface area contributed by atoms with Crippen molar-refractivity contribution in [1.82, 2.24) is 4.98 Å². The van der Waals surface area contributed by atoms with Crippen LogP contribution in [0.2, 0.25) is 5.02 Å². The van der Waals surface area contributed by atoms with Crippen LogP contribution in [-0.4, -0.2) is 32.5 Å². The van der Waals surface area contributed by atoms with E-state index in [9.17, 15) is 4.79 Å². The average Bonchev–Trinajstić information content (AvgIpc) is 3.05. The zero-order valence-electron chi connectivity index (χ0n) is 13.9. The molecule has 0 spiro atoms. The fourth-order valence-corrected chi connectivity index (χ4v) is 4.44. The van der Waals surface area contributed by atoms with E-state index in [1.807, 2.05) is 24.3 Å². The predicted molar refractivity (Wildman–Crippen MR) is 102 cm³/mol. The second-order valence-electron chi connectivity index (χ2n) is 5.33. The standard InChI is InChI=1S/C19H17ClN2O2Se/c1-3-16-17(12-6-10-15(24-2)11-7-12)21-19(25-16)22-18(23)13-4-8-14(20)9-5-13/h4-11H,3H2,1-2H3,(H,21,22,23). The van der Waals surface area contributed by atoms with E-state index in [-0.39, 0.29) is 20.4 Å². The molecule has 2 aromatic carbocycles. The molecular weight excluding hydrogens is 403 g/mol. The molecule has 0 aliphatic rings. The SMILES string of the molecule is CCc1[se]c(NC(=O)c2ccc(Cl)cc2)nc1-c1ccc(OC)cc1. The third-order valence-corrected chi connectivity index (χ3v) is 6.30. The van der Waals surface area contributed by atoms with Crippen molar-refractivity contribution in [2.75, 3.05) is 12.4 Å². The van der Waals surface area contributed by atoms with Crippen LogP contribution >= 0.6 is 11.6 Å². The van der Waals surface area contributed by atoms with Gasteiger partial charge in [0.15, 0.2) is 0 Å². The van der Waals surface area contributed by atoms with Crippen LogP contribution in [0.25, 0.3) is 11.3 Å². The number of halogens is 1. The molecule has 3 rings (SSSR count). The van der Waals surface area contributed by atoms with Crippen LogP contribution in [0.4, 0.5) is 4.69 Å². The molecule has 0 fully saturated rings. The molecule has 1 heterocycles. The Bertz CT molecular complexity index is 873. The Hall–Kier alpha value is -2.07. The van der Waals surface area contributed by atoms with Gasteiger partial charge in [0.25, 0.3) is 0 Å². The number of nitrogens with zero attached hydrogens (tertiary/aromatic N) is 1. The molecule has 0 aliphatic heterocycles. The third-order valence-electron chi connectivity index (χ3n) is 3.71. The van der Waals surface area contributed by atoms with Gasteiger partial charge in [0, 0.05) is 0 Å². The van der Waals surface area contributed by atoms with Crippen LogP contribution in [0.15, 0.2) is 48.5 Å². The first-order valence-electron chi connectivity index (χ1n) is 7.81. The fraction of sp³-hybridized carbons (Fsp3) is 0.158. The molecule has 0 unspecified atom stereocenters. The molecule has 1 amide bonds. The van der Waals surface area contributed by atoms with Crippen LogP contribution in [-0.2, 0) is 6.42 Å². The number of hydrogen-bond acceptors (Lipinski definition) is 3. The maximum atomic E-state index is 12.4. The van der Waals surface area contributed by atoms with E-state index in [4.69, 9.17) is 16.3 Å². The summed E-state index contributed by atoms with van der Waals surface area (Å²) in [5.41, 5.74) is 2.56. The number of aryl methyl sites for hydroxylation is 1. The van der Waals surface area contributed by atoms with Gasteiger partial charge in [-0.25, -0.2) is 0 Å². The van der Waals surface area contributed by atoms with E-state index in [1.54, 1.807) is 31.4 Å². The molecule has 0 atom stereocenters. The number of methoxy groups -OCH3 is 1. The van der Waals surface area contributed by atoms with Crippen molar-refractivity contribution in [3.05, 3.63) is 63.6 Å². The average molecular weight is 420 g/mol. The molecule has 1 aromatic heterocycles. The van der Waals surface area contributed by atoms with Gasteiger partial charge in [0.1, 0.15) is 0 Å². The first kappa shape index (κ1) is 17.7. The van der Waals surface area contributed by atoms with E-state index in [0.29, 0.717) is 10.6 Å². The van der Waals surface area contributed by atoms with E-state index in [2.05, 4.69) is 17.2 Å². The molecule has 0 aliphatic carbocycles. The molecule has 1 N–H and O–H groups in total. The van der Waals surface area contributed by atoms with Gasteiger partial charge in [-0.1, -0.05) is 0 Å². The summed E-state index contributed by atoms with van der Waals surface area (Å²) >= 11 is 5.89. The summed E-state index contributed by atoms with van der Waals surface area (Å²) in [7, 11) is 1.65.